The minimum atomic E-state index is 0.762. The Morgan fingerprint density at radius 2 is 2.21 bits per heavy atom. The van der Waals surface area contributed by atoms with Gasteiger partial charge in [0.25, 0.3) is 0 Å². The van der Waals surface area contributed by atoms with Gasteiger partial charge in [-0.1, -0.05) is 29.8 Å². The third kappa shape index (κ3) is 2.25. The van der Waals surface area contributed by atoms with E-state index >= 15 is 0 Å². The van der Waals surface area contributed by atoms with Crippen LogP contribution in [0, 0.1) is 0 Å². The number of halogens is 1. The molecule has 0 aliphatic carbocycles. The topological polar surface area (TPSA) is 12.0 Å². The Morgan fingerprint density at radius 1 is 1.50 bits per heavy atom. The molecular formula is C11H14ClNS. The fourth-order valence-electron chi connectivity index (χ4n) is 1.37. The van der Waals surface area contributed by atoms with Crippen molar-refractivity contribution in [1.29, 1.82) is 0 Å². The molecule has 0 saturated heterocycles. The predicted molar refractivity (Wildman–Crippen MR) is 68.2 cm³/mol. The Balaban J connectivity index is 3.26. The van der Waals surface area contributed by atoms with Crippen LogP contribution in [0.5, 0.6) is 0 Å². The van der Waals surface area contributed by atoms with Gasteiger partial charge in [-0.25, -0.2) is 0 Å². The van der Waals surface area contributed by atoms with Gasteiger partial charge in [0.05, 0.1) is 10.7 Å². The van der Waals surface area contributed by atoms with Crippen LogP contribution >= 0.6 is 23.4 Å². The van der Waals surface area contributed by atoms with Crippen molar-refractivity contribution in [3.8, 4) is 0 Å². The molecule has 0 spiro atoms. The zero-order chi connectivity index (χ0) is 10.6. The molecule has 76 valence electrons. The van der Waals surface area contributed by atoms with Crippen molar-refractivity contribution < 1.29 is 0 Å². The quantitative estimate of drug-likeness (QED) is 0.834. The number of anilines is 1. The number of thioether (sulfide) groups is 1. The maximum Gasteiger partial charge on any atom is 0.0644 e. The molecule has 0 aromatic heterocycles. The molecule has 1 N–H and O–H groups in total. The molecule has 0 bridgehead atoms. The predicted octanol–water partition coefficient (Wildman–Crippen LogP) is 4.11. The first-order chi connectivity index (χ1) is 6.74. The Morgan fingerprint density at radius 3 is 2.71 bits per heavy atom. The van der Waals surface area contributed by atoms with Crippen LogP contribution in [0.15, 0.2) is 24.3 Å². The highest BCUT2D eigenvalue weighted by molar-refractivity contribution is 8.07. The van der Waals surface area contributed by atoms with Crippen LogP contribution in [-0.2, 0) is 0 Å². The molecule has 1 rings (SSSR count). The lowest BCUT2D eigenvalue weighted by molar-refractivity contribution is 1.49. The summed E-state index contributed by atoms with van der Waals surface area (Å²) in [6.45, 7) is 2.03. The molecule has 0 saturated carbocycles. The van der Waals surface area contributed by atoms with Crippen LogP contribution < -0.4 is 5.32 Å². The molecule has 0 amide bonds. The second-order valence-corrected chi connectivity index (χ2v) is 4.02. The van der Waals surface area contributed by atoms with Gasteiger partial charge in [-0.05, 0) is 19.2 Å². The Kier molecular flexibility index (Phi) is 4.36. The summed E-state index contributed by atoms with van der Waals surface area (Å²) in [5, 5.41) is 3.89. The van der Waals surface area contributed by atoms with Crippen LogP contribution in [0.1, 0.15) is 12.5 Å². The van der Waals surface area contributed by atoms with E-state index < -0.39 is 0 Å². The first-order valence-electron chi connectivity index (χ1n) is 4.41. The number of nitrogens with one attached hydrogen (secondary N) is 1. The van der Waals surface area contributed by atoms with Crippen LogP contribution in [0.25, 0.3) is 4.91 Å². The highest BCUT2D eigenvalue weighted by Crippen LogP contribution is 2.35. The third-order valence-corrected chi connectivity index (χ3v) is 3.22. The van der Waals surface area contributed by atoms with Gasteiger partial charge >= 0.3 is 0 Å². The standard InChI is InChI=1S/C11H14ClNS/c1-4-10(14-3)8-6-5-7-9(12)11(8)13-2/h4-7,13H,1-3H3/b10-4-. The molecule has 1 nitrogen and oxygen atoms in total. The lowest BCUT2D eigenvalue weighted by atomic mass is 10.1. The summed E-state index contributed by atoms with van der Waals surface area (Å²) in [7, 11) is 1.89. The Hall–Kier alpha value is -0.600. The Bertz CT molecular complexity index is 347. The van der Waals surface area contributed by atoms with E-state index in [1.807, 2.05) is 26.1 Å². The molecule has 1 aromatic rings. The normalized spacial score (nSPS) is 11.6. The molecule has 0 unspecified atom stereocenters. The van der Waals surface area contributed by atoms with Crippen LogP contribution in [0.3, 0.4) is 0 Å². The summed E-state index contributed by atoms with van der Waals surface area (Å²) >= 11 is 7.81. The average molecular weight is 228 g/mol. The van der Waals surface area contributed by atoms with Crippen LogP contribution in [0.2, 0.25) is 5.02 Å². The fraction of sp³-hybridized carbons (Fsp3) is 0.273. The van der Waals surface area contributed by atoms with Crippen molar-refractivity contribution in [2.75, 3.05) is 18.6 Å². The van der Waals surface area contributed by atoms with Gasteiger partial charge < -0.3 is 5.32 Å². The molecule has 0 aliphatic heterocycles. The molecule has 14 heavy (non-hydrogen) atoms. The molecule has 3 heteroatoms. The summed E-state index contributed by atoms with van der Waals surface area (Å²) in [4.78, 5) is 1.23. The number of benzene rings is 1. The first-order valence-corrected chi connectivity index (χ1v) is 6.01. The molecule has 0 aliphatic rings. The van der Waals surface area contributed by atoms with E-state index in [0.717, 1.165) is 16.3 Å². The maximum atomic E-state index is 6.09. The summed E-state index contributed by atoms with van der Waals surface area (Å²) in [5.74, 6) is 0. The maximum absolute atomic E-state index is 6.09. The van der Waals surface area contributed by atoms with E-state index in [1.54, 1.807) is 11.8 Å². The smallest absolute Gasteiger partial charge is 0.0644 e. The summed E-state index contributed by atoms with van der Waals surface area (Å²) in [6, 6.07) is 5.94. The minimum Gasteiger partial charge on any atom is -0.386 e. The molecule has 1 aromatic carbocycles. The number of allylic oxidation sites excluding steroid dienone is 1. The van der Waals surface area contributed by atoms with Gasteiger partial charge in [-0.3, -0.25) is 0 Å². The monoisotopic (exact) mass is 227 g/mol. The van der Waals surface area contributed by atoms with Gasteiger partial charge in [0.15, 0.2) is 0 Å². The van der Waals surface area contributed by atoms with Gasteiger partial charge in [0.2, 0.25) is 0 Å². The first kappa shape index (κ1) is 11.5. The van der Waals surface area contributed by atoms with Gasteiger partial charge in [-0.15, -0.1) is 11.8 Å². The van der Waals surface area contributed by atoms with E-state index in [2.05, 4.69) is 23.7 Å². The largest absolute Gasteiger partial charge is 0.386 e. The third-order valence-electron chi connectivity index (χ3n) is 2.01. The Labute approximate surface area is 94.5 Å². The van der Waals surface area contributed by atoms with E-state index in [0.29, 0.717) is 0 Å². The van der Waals surface area contributed by atoms with E-state index in [4.69, 9.17) is 11.6 Å². The molecule has 0 atom stereocenters. The van der Waals surface area contributed by atoms with Crippen LogP contribution in [0.4, 0.5) is 5.69 Å². The van der Waals surface area contributed by atoms with Gasteiger partial charge in [-0.2, -0.15) is 0 Å². The van der Waals surface area contributed by atoms with Crippen molar-refractivity contribution in [2.45, 2.75) is 6.92 Å². The number of hydrogen-bond acceptors (Lipinski definition) is 2. The number of rotatable bonds is 3. The van der Waals surface area contributed by atoms with Crippen molar-refractivity contribution >= 4 is 34.0 Å². The highest BCUT2D eigenvalue weighted by Gasteiger charge is 2.07. The van der Waals surface area contributed by atoms with Crippen molar-refractivity contribution in [3.05, 3.63) is 34.9 Å². The average Bonchev–Trinajstić information content (AvgIpc) is 2.20. The number of para-hydroxylation sites is 1. The van der Waals surface area contributed by atoms with Crippen molar-refractivity contribution in [1.82, 2.24) is 0 Å². The zero-order valence-electron chi connectivity index (χ0n) is 8.60. The van der Waals surface area contributed by atoms with Gasteiger partial charge in [0.1, 0.15) is 0 Å². The highest BCUT2D eigenvalue weighted by atomic mass is 35.5. The van der Waals surface area contributed by atoms with E-state index in [-0.39, 0.29) is 0 Å². The van der Waals surface area contributed by atoms with Crippen molar-refractivity contribution in [2.24, 2.45) is 0 Å². The summed E-state index contributed by atoms with van der Waals surface area (Å²) in [6.07, 6.45) is 4.16. The minimum absolute atomic E-state index is 0.762. The SMILES string of the molecule is C/C=C(\SC)c1cccc(Cl)c1NC. The number of hydrogen-bond donors (Lipinski definition) is 1. The van der Waals surface area contributed by atoms with Crippen LogP contribution in [-0.4, -0.2) is 13.3 Å². The zero-order valence-corrected chi connectivity index (χ0v) is 10.2. The second kappa shape index (κ2) is 5.32. The second-order valence-electron chi connectivity index (χ2n) is 2.77. The van der Waals surface area contributed by atoms with Crippen molar-refractivity contribution in [3.63, 3.8) is 0 Å². The van der Waals surface area contributed by atoms with E-state index in [1.165, 1.54) is 4.91 Å². The lowest BCUT2D eigenvalue weighted by Crippen LogP contribution is -1.94. The summed E-state index contributed by atoms with van der Waals surface area (Å²) < 4.78 is 0. The molecular weight excluding hydrogens is 214 g/mol. The molecule has 0 radical (unpaired) electrons. The molecule has 0 heterocycles. The molecule has 0 fully saturated rings. The van der Waals surface area contributed by atoms with Gasteiger partial charge in [0, 0.05) is 17.5 Å². The van der Waals surface area contributed by atoms with E-state index in [9.17, 15) is 0 Å². The fourth-order valence-corrected chi connectivity index (χ4v) is 2.26. The summed E-state index contributed by atoms with van der Waals surface area (Å²) in [5.41, 5.74) is 2.16. The lowest BCUT2D eigenvalue weighted by Gasteiger charge is -2.12.